The molecule has 0 spiro atoms. The molecule has 0 saturated carbocycles. The van der Waals surface area contributed by atoms with E-state index in [0.29, 0.717) is 12.0 Å². The Morgan fingerprint density at radius 2 is 2.55 bits per heavy atom. The Balaban J connectivity index is 2.17. The minimum absolute atomic E-state index is 0.624. The lowest BCUT2D eigenvalue weighted by atomic mass is 9.87. The molecule has 1 N–H and O–H groups in total. The monoisotopic (exact) mass is 148 g/mol. The van der Waals surface area contributed by atoms with E-state index in [4.69, 9.17) is 0 Å². The van der Waals surface area contributed by atoms with Crippen molar-refractivity contribution in [2.45, 2.75) is 18.9 Å². The van der Waals surface area contributed by atoms with Gasteiger partial charge in [0.25, 0.3) is 0 Å². The fourth-order valence-corrected chi connectivity index (χ4v) is 1.47. The van der Waals surface area contributed by atoms with Crippen molar-refractivity contribution >= 4 is 0 Å². The van der Waals surface area contributed by atoms with Crippen molar-refractivity contribution in [3.63, 3.8) is 0 Å². The summed E-state index contributed by atoms with van der Waals surface area (Å²) in [6, 6.07) is 4.77. The van der Waals surface area contributed by atoms with Gasteiger partial charge in [-0.1, -0.05) is 6.07 Å². The molecule has 2 heterocycles. The van der Waals surface area contributed by atoms with Gasteiger partial charge in [0, 0.05) is 30.9 Å². The van der Waals surface area contributed by atoms with Gasteiger partial charge in [-0.3, -0.25) is 4.98 Å². The van der Waals surface area contributed by atoms with Crippen LogP contribution in [-0.2, 0) is 0 Å². The Morgan fingerprint density at radius 3 is 3.00 bits per heavy atom. The lowest BCUT2D eigenvalue weighted by molar-refractivity contribution is 0.334. The summed E-state index contributed by atoms with van der Waals surface area (Å²) in [4.78, 5) is 4.09. The zero-order chi connectivity index (χ0) is 7.68. The van der Waals surface area contributed by atoms with E-state index in [0.717, 1.165) is 6.54 Å². The third-order valence-corrected chi connectivity index (χ3v) is 2.38. The van der Waals surface area contributed by atoms with Crippen LogP contribution >= 0.6 is 0 Å². The fraction of sp³-hybridized carbons (Fsp3) is 0.444. The Morgan fingerprint density at radius 1 is 1.64 bits per heavy atom. The molecule has 2 rings (SSSR count). The molecule has 1 saturated heterocycles. The standard InChI is InChI=1S/C9H12N2/c1-7-9(6-11-7)8-3-2-4-10-5-8/h2-5,7,9,11H,6H2,1H3. The summed E-state index contributed by atoms with van der Waals surface area (Å²) in [6.45, 7) is 3.31. The topological polar surface area (TPSA) is 24.9 Å². The molecule has 58 valence electrons. The lowest BCUT2D eigenvalue weighted by Crippen LogP contribution is -2.48. The molecule has 0 aliphatic carbocycles. The summed E-state index contributed by atoms with van der Waals surface area (Å²) in [5, 5.41) is 3.33. The summed E-state index contributed by atoms with van der Waals surface area (Å²) in [6.07, 6.45) is 3.78. The van der Waals surface area contributed by atoms with Gasteiger partial charge < -0.3 is 5.32 Å². The Hall–Kier alpha value is -0.890. The van der Waals surface area contributed by atoms with Crippen molar-refractivity contribution in [2.24, 2.45) is 0 Å². The van der Waals surface area contributed by atoms with Crippen molar-refractivity contribution < 1.29 is 0 Å². The summed E-state index contributed by atoms with van der Waals surface area (Å²) in [5.74, 6) is 0.684. The van der Waals surface area contributed by atoms with Gasteiger partial charge >= 0.3 is 0 Å². The Labute approximate surface area is 66.7 Å². The third kappa shape index (κ3) is 1.14. The summed E-state index contributed by atoms with van der Waals surface area (Å²) in [7, 11) is 0. The van der Waals surface area contributed by atoms with Crippen LogP contribution in [0.3, 0.4) is 0 Å². The van der Waals surface area contributed by atoms with Gasteiger partial charge in [-0.25, -0.2) is 0 Å². The Bertz CT molecular complexity index is 233. The van der Waals surface area contributed by atoms with Crippen molar-refractivity contribution in [1.29, 1.82) is 0 Å². The first kappa shape index (κ1) is 6.80. The van der Waals surface area contributed by atoms with Crippen molar-refractivity contribution in [3.05, 3.63) is 30.1 Å². The second kappa shape index (κ2) is 2.62. The predicted molar refractivity (Wildman–Crippen MR) is 44.4 cm³/mol. The van der Waals surface area contributed by atoms with Gasteiger partial charge in [0.05, 0.1) is 0 Å². The second-order valence-corrected chi connectivity index (χ2v) is 3.09. The molecular weight excluding hydrogens is 136 g/mol. The van der Waals surface area contributed by atoms with Crippen molar-refractivity contribution in [3.8, 4) is 0 Å². The molecule has 0 amide bonds. The number of hydrogen-bond acceptors (Lipinski definition) is 2. The van der Waals surface area contributed by atoms with E-state index in [-0.39, 0.29) is 0 Å². The molecule has 1 aliphatic heterocycles. The third-order valence-electron chi connectivity index (χ3n) is 2.38. The largest absolute Gasteiger partial charge is 0.313 e. The zero-order valence-corrected chi connectivity index (χ0v) is 6.62. The molecule has 1 aliphatic rings. The highest BCUT2D eigenvalue weighted by Gasteiger charge is 2.27. The Kier molecular flexibility index (Phi) is 1.62. The van der Waals surface area contributed by atoms with Crippen LogP contribution in [0.15, 0.2) is 24.5 Å². The number of hydrogen-bond donors (Lipinski definition) is 1. The average Bonchev–Trinajstić information content (AvgIpc) is 2.04. The van der Waals surface area contributed by atoms with Crippen LogP contribution in [0.4, 0.5) is 0 Å². The molecule has 2 unspecified atom stereocenters. The van der Waals surface area contributed by atoms with Gasteiger partial charge in [-0.2, -0.15) is 0 Å². The summed E-state index contributed by atoms with van der Waals surface area (Å²) < 4.78 is 0. The van der Waals surface area contributed by atoms with Gasteiger partial charge in [0.15, 0.2) is 0 Å². The molecule has 1 aromatic rings. The second-order valence-electron chi connectivity index (χ2n) is 3.09. The van der Waals surface area contributed by atoms with E-state index in [1.54, 1.807) is 0 Å². The van der Waals surface area contributed by atoms with E-state index < -0.39 is 0 Å². The SMILES string of the molecule is CC1NCC1c1cccnc1. The van der Waals surface area contributed by atoms with Crippen LogP contribution in [0.2, 0.25) is 0 Å². The molecular formula is C9H12N2. The number of pyridine rings is 1. The minimum Gasteiger partial charge on any atom is -0.313 e. The van der Waals surface area contributed by atoms with Crippen molar-refractivity contribution in [1.82, 2.24) is 10.3 Å². The molecule has 1 aromatic heterocycles. The van der Waals surface area contributed by atoms with E-state index in [1.807, 2.05) is 18.5 Å². The highest BCUT2D eigenvalue weighted by atomic mass is 15.0. The van der Waals surface area contributed by atoms with Gasteiger partial charge in [0.2, 0.25) is 0 Å². The highest BCUT2D eigenvalue weighted by Crippen LogP contribution is 2.24. The highest BCUT2D eigenvalue weighted by molar-refractivity contribution is 5.20. The van der Waals surface area contributed by atoms with Crippen molar-refractivity contribution in [2.75, 3.05) is 6.54 Å². The van der Waals surface area contributed by atoms with E-state index in [9.17, 15) is 0 Å². The first-order valence-electron chi connectivity index (χ1n) is 4.01. The van der Waals surface area contributed by atoms with E-state index in [2.05, 4.69) is 23.3 Å². The zero-order valence-electron chi connectivity index (χ0n) is 6.62. The molecule has 2 atom stereocenters. The van der Waals surface area contributed by atoms with Gasteiger partial charge in [0.1, 0.15) is 0 Å². The molecule has 0 aromatic carbocycles. The van der Waals surface area contributed by atoms with Crippen LogP contribution in [0.25, 0.3) is 0 Å². The number of nitrogens with zero attached hydrogens (tertiary/aromatic N) is 1. The maximum absolute atomic E-state index is 4.09. The van der Waals surface area contributed by atoms with Crippen LogP contribution in [0.5, 0.6) is 0 Å². The van der Waals surface area contributed by atoms with Gasteiger partial charge in [-0.15, -0.1) is 0 Å². The predicted octanol–water partition coefficient (Wildman–Crippen LogP) is 1.16. The maximum atomic E-state index is 4.09. The minimum atomic E-state index is 0.624. The normalized spacial score (nSPS) is 29.5. The lowest BCUT2D eigenvalue weighted by Gasteiger charge is -2.35. The van der Waals surface area contributed by atoms with Crippen LogP contribution in [0.1, 0.15) is 18.4 Å². The smallest absolute Gasteiger partial charge is 0.0303 e. The molecule has 1 fully saturated rings. The van der Waals surface area contributed by atoms with Crippen LogP contribution in [-0.4, -0.2) is 17.6 Å². The van der Waals surface area contributed by atoms with E-state index in [1.165, 1.54) is 5.56 Å². The fourth-order valence-electron chi connectivity index (χ4n) is 1.47. The first-order valence-corrected chi connectivity index (χ1v) is 4.01. The number of aromatic nitrogens is 1. The van der Waals surface area contributed by atoms with Gasteiger partial charge in [-0.05, 0) is 18.6 Å². The maximum Gasteiger partial charge on any atom is 0.0303 e. The summed E-state index contributed by atoms with van der Waals surface area (Å²) >= 11 is 0. The quantitative estimate of drug-likeness (QED) is 0.646. The number of rotatable bonds is 1. The number of nitrogens with one attached hydrogen (secondary N) is 1. The molecule has 0 bridgehead atoms. The van der Waals surface area contributed by atoms with E-state index >= 15 is 0 Å². The molecule has 2 heteroatoms. The van der Waals surface area contributed by atoms with Crippen LogP contribution < -0.4 is 5.32 Å². The molecule has 0 radical (unpaired) electrons. The molecule has 2 nitrogen and oxygen atoms in total. The van der Waals surface area contributed by atoms with Crippen LogP contribution in [0, 0.1) is 0 Å². The molecule has 11 heavy (non-hydrogen) atoms. The first-order chi connectivity index (χ1) is 5.38. The average molecular weight is 148 g/mol. The summed E-state index contributed by atoms with van der Waals surface area (Å²) in [5.41, 5.74) is 1.36.